The Hall–Kier alpha value is -2.34. The Morgan fingerprint density at radius 2 is 1.76 bits per heavy atom. The largest absolute Gasteiger partial charge is 0.489 e. The number of halogens is 1. The first-order valence-corrected chi connectivity index (χ1v) is 5.16. The van der Waals surface area contributed by atoms with Crippen LogP contribution in [0, 0.1) is 17.1 Å². The molecule has 0 fully saturated rings. The van der Waals surface area contributed by atoms with E-state index in [-0.39, 0.29) is 5.56 Å². The van der Waals surface area contributed by atoms with Gasteiger partial charge in [-0.3, -0.25) is 0 Å². The van der Waals surface area contributed by atoms with Gasteiger partial charge in [0, 0.05) is 0 Å². The molecule has 2 nitrogen and oxygen atoms in total. The number of nitrogens with zero attached hydrogens (tertiary/aromatic N) is 1. The maximum absolute atomic E-state index is 12.4. The lowest BCUT2D eigenvalue weighted by atomic mass is 10.2. The average molecular weight is 227 g/mol. The summed E-state index contributed by atoms with van der Waals surface area (Å²) in [6, 6.07) is 15.7. The van der Waals surface area contributed by atoms with Crippen LogP contribution in [0.5, 0.6) is 5.75 Å². The van der Waals surface area contributed by atoms with E-state index in [2.05, 4.69) is 12.1 Å². The summed E-state index contributed by atoms with van der Waals surface area (Å²) in [4.78, 5) is 0. The molecule has 0 unspecified atom stereocenters. The molecule has 0 saturated carbocycles. The number of hydrogen-bond donors (Lipinski definition) is 0. The van der Waals surface area contributed by atoms with Crippen LogP contribution in [0.15, 0.2) is 48.5 Å². The van der Waals surface area contributed by atoms with Crippen LogP contribution in [0.3, 0.4) is 0 Å². The van der Waals surface area contributed by atoms with Gasteiger partial charge in [0.2, 0.25) is 0 Å². The summed E-state index contributed by atoms with van der Waals surface area (Å²) in [5.41, 5.74) is 1.36. The summed E-state index contributed by atoms with van der Waals surface area (Å²) < 4.78 is 17.6. The van der Waals surface area contributed by atoms with Crippen molar-refractivity contribution >= 4 is 0 Å². The van der Waals surface area contributed by atoms with Gasteiger partial charge in [-0.1, -0.05) is 24.3 Å². The number of nitriles is 1. The van der Waals surface area contributed by atoms with Crippen molar-refractivity contribution in [3.05, 3.63) is 65.5 Å². The van der Waals surface area contributed by atoms with E-state index in [0.717, 1.165) is 12.4 Å². The molecule has 0 N–H and O–H groups in total. The van der Waals surface area contributed by atoms with Gasteiger partial charge in [-0.05, 0) is 29.8 Å². The van der Waals surface area contributed by atoms with Crippen molar-refractivity contribution in [2.45, 2.75) is 6.61 Å². The second-order valence-electron chi connectivity index (χ2n) is 3.52. The van der Waals surface area contributed by atoms with Gasteiger partial charge in [0.1, 0.15) is 24.2 Å². The van der Waals surface area contributed by atoms with Crippen LogP contribution in [0.25, 0.3) is 0 Å². The van der Waals surface area contributed by atoms with Crippen molar-refractivity contribution in [3.63, 3.8) is 0 Å². The molecular formula is C14H10FNO. The summed E-state index contributed by atoms with van der Waals surface area (Å²) in [6.45, 7) is 0.766. The van der Waals surface area contributed by atoms with Gasteiger partial charge in [0.25, 0.3) is 0 Å². The summed E-state index contributed by atoms with van der Waals surface area (Å²) in [6.07, 6.45) is 0. The van der Waals surface area contributed by atoms with E-state index in [0.29, 0.717) is 0 Å². The highest BCUT2D eigenvalue weighted by molar-refractivity contribution is 5.30. The van der Waals surface area contributed by atoms with Crippen molar-refractivity contribution < 1.29 is 9.13 Å². The van der Waals surface area contributed by atoms with Gasteiger partial charge in [0.05, 0.1) is 5.56 Å². The summed E-state index contributed by atoms with van der Waals surface area (Å²) in [5, 5.41) is 8.23. The zero-order valence-electron chi connectivity index (χ0n) is 9.06. The fraction of sp³-hybridized carbons (Fsp3) is 0.0714. The first kappa shape index (κ1) is 11.2. The molecule has 2 aromatic rings. The zero-order chi connectivity index (χ0) is 12.1. The third kappa shape index (κ3) is 2.82. The Morgan fingerprint density at radius 3 is 2.06 bits per heavy atom. The Balaban J connectivity index is 0.000000127. The highest BCUT2D eigenvalue weighted by Gasteiger charge is 2.01. The van der Waals surface area contributed by atoms with E-state index in [1.807, 2.05) is 12.1 Å². The lowest BCUT2D eigenvalue weighted by Gasteiger charge is -2.11. The Labute approximate surface area is 98.9 Å². The van der Waals surface area contributed by atoms with Crippen molar-refractivity contribution in [3.8, 4) is 11.8 Å². The standard InChI is InChI=1S/C7H4FN.C7H6O/c8-7-4-2-1-3-6(7)5-9;1-3-7-4-2-6(1)5-8-7/h1-4H;1-4H,5H2. The van der Waals surface area contributed by atoms with E-state index in [1.54, 1.807) is 18.2 Å². The Bertz CT molecular complexity index is 520. The van der Waals surface area contributed by atoms with Crippen LogP contribution in [0.4, 0.5) is 4.39 Å². The Kier molecular flexibility index (Phi) is 3.37. The van der Waals surface area contributed by atoms with Gasteiger partial charge in [-0.2, -0.15) is 5.26 Å². The minimum atomic E-state index is -0.458. The predicted molar refractivity (Wildman–Crippen MR) is 61.9 cm³/mol. The number of rotatable bonds is 0. The van der Waals surface area contributed by atoms with Crippen LogP contribution in [0.1, 0.15) is 11.1 Å². The lowest BCUT2D eigenvalue weighted by Crippen LogP contribution is -2.00. The molecule has 0 aromatic heterocycles. The molecule has 0 atom stereocenters. The molecule has 0 amide bonds. The van der Waals surface area contributed by atoms with E-state index in [9.17, 15) is 4.39 Å². The third-order valence-electron chi connectivity index (χ3n) is 2.32. The van der Waals surface area contributed by atoms with Gasteiger partial charge in [-0.15, -0.1) is 0 Å². The minimum Gasteiger partial charge on any atom is -0.489 e. The maximum atomic E-state index is 12.4. The maximum Gasteiger partial charge on any atom is 0.140 e. The molecule has 2 aliphatic heterocycles. The zero-order valence-corrected chi connectivity index (χ0v) is 9.06. The topological polar surface area (TPSA) is 33.0 Å². The van der Waals surface area contributed by atoms with Crippen LogP contribution in [0.2, 0.25) is 0 Å². The van der Waals surface area contributed by atoms with Crippen LogP contribution < -0.4 is 4.74 Å². The van der Waals surface area contributed by atoms with Crippen LogP contribution >= 0.6 is 0 Å². The van der Waals surface area contributed by atoms with E-state index < -0.39 is 5.82 Å². The van der Waals surface area contributed by atoms with Crippen molar-refractivity contribution in [1.29, 1.82) is 5.26 Å². The summed E-state index contributed by atoms with van der Waals surface area (Å²) >= 11 is 0. The highest BCUT2D eigenvalue weighted by Crippen LogP contribution is 2.19. The molecular weight excluding hydrogens is 217 g/mol. The molecule has 0 radical (unpaired) electrons. The Morgan fingerprint density at radius 1 is 1.06 bits per heavy atom. The van der Waals surface area contributed by atoms with Crippen molar-refractivity contribution in [2.75, 3.05) is 0 Å². The highest BCUT2D eigenvalue weighted by atomic mass is 19.1. The minimum absolute atomic E-state index is 0.0949. The number of ether oxygens (including phenoxy) is 1. The molecule has 84 valence electrons. The molecule has 17 heavy (non-hydrogen) atoms. The molecule has 3 heteroatoms. The average Bonchev–Trinajstić information content (AvgIpc) is 2.42. The second kappa shape index (κ2) is 5.13. The molecule has 0 aliphatic carbocycles. The summed E-state index contributed by atoms with van der Waals surface area (Å²) in [7, 11) is 0. The van der Waals surface area contributed by atoms with Gasteiger partial charge < -0.3 is 4.74 Å². The molecule has 2 aliphatic rings. The van der Waals surface area contributed by atoms with E-state index in [1.165, 1.54) is 17.7 Å². The van der Waals surface area contributed by atoms with Crippen LogP contribution in [-0.4, -0.2) is 0 Å². The van der Waals surface area contributed by atoms with Gasteiger partial charge in [0.15, 0.2) is 0 Å². The third-order valence-corrected chi connectivity index (χ3v) is 2.32. The second-order valence-corrected chi connectivity index (χ2v) is 3.52. The molecule has 2 aromatic carbocycles. The molecule has 0 spiro atoms. The molecule has 0 saturated heterocycles. The summed E-state index contributed by atoms with van der Waals surface area (Å²) in [5.74, 6) is 0.528. The number of benzene rings is 2. The van der Waals surface area contributed by atoms with Crippen molar-refractivity contribution in [1.82, 2.24) is 0 Å². The van der Waals surface area contributed by atoms with E-state index >= 15 is 0 Å². The van der Waals surface area contributed by atoms with Gasteiger partial charge in [-0.25, -0.2) is 4.39 Å². The first-order valence-electron chi connectivity index (χ1n) is 5.16. The van der Waals surface area contributed by atoms with Crippen molar-refractivity contribution in [2.24, 2.45) is 0 Å². The number of fused-ring (bicyclic) bond motifs is 3. The van der Waals surface area contributed by atoms with Crippen LogP contribution in [-0.2, 0) is 6.61 Å². The normalized spacial score (nSPS) is 10.8. The fourth-order valence-corrected chi connectivity index (χ4v) is 1.40. The molecule has 4 rings (SSSR count). The SMILES string of the molecule is N#Cc1ccccc1F.c1cc2ccc1CO2. The monoisotopic (exact) mass is 227 g/mol. The molecule has 2 heterocycles. The smallest absolute Gasteiger partial charge is 0.140 e. The molecule has 2 bridgehead atoms. The quantitative estimate of drug-likeness (QED) is 0.692. The predicted octanol–water partition coefficient (Wildman–Crippen LogP) is 3.28. The lowest BCUT2D eigenvalue weighted by molar-refractivity contribution is 0.295. The van der Waals surface area contributed by atoms with Gasteiger partial charge >= 0.3 is 0 Å². The number of hydrogen-bond acceptors (Lipinski definition) is 2. The fourth-order valence-electron chi connectivity index (χ4n) is 1.40. The first-order chi connectivity index (χ1) is 8.29. The van der Waals surface area contributed by atoms with E-state index in [4.69, 9.17) is 10.00 Å².